The molecule has 1 aliphatic heterocycles. The van der Waals surface area contributed by atoms with E-state index >= 15 is 0 Å². The van der Waals surface area contributed by atoms with Crippen molar-refractivity contribution in [3.05, 3.63) is 72.8 Å². The molecule has 2 aromatic rings. The first-order chi connectivity index (χ1) is 14.5. The number of esters is 1. The zero-order chi connectivity index (χ0) is 21.7. The van der Waals surface area contributed by atoms with E-state index in [1.165, 1.54) is 30.2 Å². The van der Waals surface area contributed by atoms with Crippen LogP contribution >= 0.6 is 0 Å². The van der Waals surface area contributed by atoms with Crippen molar-refractivity contribution in [1.29, 1.82) is 0 Å². The lowest BCUT2D eigenvalue weighted by Crippen LogP contribution is -2.38. The highest BCUT2D eigenvalue weighted by Gasteiger charge is 2.46. The van der Waals surface area contributed by atoms with Gasteiger partial charge in [0.05, 0.1) is 24.8 Å². The molecule has 0 spiro atoms. The number of urea groups is 1. The van der Waals surface area contributed by atoms with Crippen LogP contribution < -0.4 is 10.2 Å². The number of hydrogen-bond acceptors (Lipinski definition) is 5. The highest BCUT2D eigenvalue weighted by molar-refractivity contribution is 6.22. The summed E-state index contributed by atoms with van der Waals surface area (Å²) >= 11 is 0. The fourth-order valence-electron chi connectivity index (χ4n) is 3.19. The van der Waals surface area contributed by atoms with Crippen molar-refractivity contribution in [3.63, 3.8) is 0 Å². The summed E-state index contributed by atoms with van der Waals surface area (Å²) in [5.41, 5.74) is 1.25. The van der Waals surface area contributed by atoms with E-state index in [1.807, 2.05) is 0 Å². The summed E-state index contributed by atoms with van der Waals surface area (Å²) in [6, 6.07) is 13.3. The number of rotatable bonds is 7. The summed E-state index contributed by atoms with van der Waals surface area (Å²) < 4.78 is 4.64. The summed E-state index contributed by atoms with van der Waals surface area (Å²) in [7, 11) is 1.28. The molecule has 1 N–H and O–H groups in total. The van der Waals surface area contributed by atoms with E-state index in [0.29, 0.717) is 16.9 Å². The van der Waals surface area contributed by atoms with Crippen LogP contribution in [0.4, 0.5) is 16.2 Å². The second kappa shape index (κ2) is 9.04. The number of para-hydroxylation sites is 1. The Balaban J connectivity index is 1.74. The second-order valence-corrected chi connectivity index (χ2v) is 6.57. The van der Waals surface area contributed by atoms with E-state index in [1.54, 1.807) is 42.5 Å². The van der Waals surface area contributed by atoms with Gasteiger partial charge in [0.2, 0.25) is 5.91 Å². The summed E-state index contributed by atoms with van der Waals surface area (Å²) in [5.74, 6) is -1.39. The maximum atomic E-state index is 12.9. The zero-order valence-corrected chi connectivity index (χ0v) is 16.4. The Labute approximate surface area is 173 Å². The molecule has 1 aliphatic rings. The SMILES string of the molecule is C=CCN1C(=O)N(c2ccccc2)C(=O)C1CC(=O)Nc1ccc(C(=O)OC)cc1. The van der Waals surface area contributed by atoms with Crippen LogP contribution in [0.25, 0.3) is 0 Å². The van der Waals surface area contributed by atoms with Crippen LogP contribution in [-0.2, 0) is 14.3 Å². The molecule has 1 atom stereocenters. The first-order valence-electron chi connectivity index (χ1n) is 9.25. The Morgan fingerprint density at radius 2 is 1.77 bits per heavy atom. The maximum Gasteiger partial charge on any atom is 0.337 e. The van der Waals surface area contributed by atoms with Gasteiger partial charge in [-0.2, -0.15) is 0 Å². The summed E-state index contributed by atoms with van der Waals surface area (Å²) in [6.07, 6.45) is 1.30. The fraction of sp³-hybridized carbons (Fsp3) is 0.182. The molecular formula is C22H21N3O5. The van der Waals surface area contributed by atoms with Gasteiger partial charge < -0.3 is 15.0 Å². The van der Waals surface area contributed by atoms with E-state index in [-0.39, 0.29) is 13.0 Å². The lowest BCUT2D eigenvalue weighted by Gasteiger charge is -2.19. The molecule has 8 nitrogen and oxygen atoms in total. The highest BCUT2D eigenvalue weighted by Crippen LogP contribution is 2.27. The van der Waals surface area contributed by atoms with Crippen molar-refractivity contribution in [1.82, 2.24) is 4.90 Å². The Kier molecular flexibility index (Phi) is 6.26. The third-order valence-corrected chi connectivity index (χ3v) is 4.63. The van der Waals surface area contributed by atoms with Crippen molar-refractivity contribution in [2.45, 2.75) is 12.5 Å². The van der Waals surface area contributed by atoms with Crippen molar-refractivity contribution in [2.75, 3.05) is 23.9 Å². The Morgan fingerprint density at radius 3 is 2.37 bits per heavy atom. The van der Waals surface area contributed by atoms with Gasteiger partial charge >= 0.3 is 12.0 Å². The standard InChI is InChI=1S/C22H21N3O5/c1-3-13-24-18(20(27)25(22(24)29)17-7-5-4-6-8-17)14-19(26)23-16-11-9-15(10-12-16)21(28)30-2/h3-12,18H,1,13-14H2,2H3,(H,23,26). The molecule has 0 aliphatic carbocycles. The summed E-state index contributed by atoms with van der Waals surface area (Å²) in [5, 5.41) is 2.68. The van der Waals surface area contributed by atoms with Crippen LogP contribution in [0.15, 0.2) is 67.3 Å². The van der Waals surface area contributed by atoms with Gasteiger partial charge in [-0.05, 0) is 36.4 Å². The lowest BCUT2D eigenvalue weighted by molar-refractivity contribution is -0.124. The van der Waals surface area contributed by atoms with Crippen molar-refractivity contribution >= 4 is 35.2 Å². The van der Waals surface area contributed by atoms with E-state index in [0.717, 1.165) is 4.90 Å². The van der Waals surface area contributed by atoms with Crippen molar-refractivity contribution in [3.8, 4) is 0 Å². The minimum Gasteiger partial charge on any atom is -0.465 e. The predicted octanol–water partition coefficient (Wildman–Crippen LogP) is 2.83. The van der Waals surface area contributed by atoms with E-state index < -0.39 is 29.9 Å². The average Bonchev–Trinajstić information content (AvgIpc) is 2.98. The van der Waals surface area contributed by atoms with Gasteiger partial charge in [-0.1, -0.05) is 24.3 Å². The molecule has 3 rings (SSSR count). The van der Waals surface area contributed by atoms with Crippen molar-refractivity contribution < 1.29 is 23.9 Å². The van der Waals surface area contributed by atoms with E-state index in [9.17, 15) is 19.2 Å². The molecule has 0 aromatic heterocycles. The molecule has 1 unspecified atom stereocenters. The molecule has 0 bridgehead atoms. The number of anilines is 2. The molecule has 8 heteroatoms. The molecule has 0 saturated carbocycles. The second-order valence-electron chi connectivity index (χ2n) is 6.57. The fourth-order valence-corrected chi connectivity index (χ4v) is 3.19. The molecular weight excluding hydrogens is 386 g/mol. The predicted molar refractivity (Wildman–Crippen MR) is 111 cm³/mol. The third-order valence-electron chi connectivity index (χ3n) is 4.63. The molecule has 30 heavy (non-hydrogen) atoms. The zero-order valence-electron chi connectivity index (χ0n) is 16.4. The molecule has 0 radical (unpaired) electrons. The number of methoxy groups -OCH3 is 1. The quantitative estimate of drug-likeness (QED) is 0.433. The topological polar surface area (TPSA) is 96.0 Å². The van der Waals surface area contributed by atoms with E-state index in [4.69, 9.17) is 0 Å². The summed E-state index contributed by atoms with van der Waals surface area (Å²) in [6.45, 7) is 3.77. The minimum absolute atomic E-state index is 0.139. The first-order valence-corrected chi connectivity index (χ1v) is 9.25. The molecule has 154 valence electrons. The van der Waals surface area contributed by atoms with Crippen LogP contribution in [0.1, 0.15) is 16.8 Å². The lowest BCUT2D eigenvalue weighted by atomic mass is 10.1. The Morgan fingerprint density at radius 1 is 1.10 bits per heavy atom. The summed E-state index contributed by atoms with van der Waals surface area (Å²) in [4.78, 5) is 52.2. The van der Waals surface area contributed by atoms with Crippen LogP contribution in [0.2, 0.25) is 0 Å². The number of nitrogens with zero attached hydrogens (tertiary/aromatic N) is 2. The number of nitrogens with one attached hydrogen (secondary N) is 1. The van der Waals surface area contributed by atoms with E-state index in [2.05, 4.69) is 16.6 Å². The van der Waals surface area contributed by atoms with Gasteiger partial charge in [0.15, 0.2) is 0 Å². The highest BCUT2D eigenvalue weighted by atomic mass is 16.5. The largest absolute Gasteiger partial charge is 0.465 e. The molecule has 1 heterocycles. The molecule has 2 aromatic carbocycles. The Bertz CT molecular complexity index is 972. The van der Waals surface area contributed by atoms with Gasteiger partial charge in [-0.3, -0.25) is 9.59 Å². The number of carbonyl (C=O) groups is 4. The molecule has 1 saturated heterocycles. The first kappa shape index (κ1) is 20.8. The minimum atomic E-state index is -0.940. The monoisotopic (exact) mass is 407 g/mol. The third kappa shape index (κ3) is 4.22. The number of hydrogen-bond donors (Lipinski definition) is 1. The average molecular weight is 407 g/mol. The van der Waals surface area contributed by atoms with Crippen LogP contribution in [-0.4, -0.2) is 48.4 Å². The van der Waals surface area contributed by atoms with Crippen LogP contribution in [0.5, 0.6) is 0 Å². The van der Waals surface area contributed by atoms with Crippen molar-refractivity contribution in [2.24, 2.45) is 0 Å². The number of ether oxygens (including phenoxy) is 1. The number of benzene rings is 2. The normalized spacial score (nSPS) is 15.8. The van der Waals surface area contributed by atoms with Gasteiger partial charge in [0.25, 0.3) is 5.91 Å². The van der Waals surface area contributed by atoms with Gasteiger partial charge in [0.1, 0.15) is 6.04 Å². The maximum absolute atomic E-state index is 12.9. The molecule has 4 amide bonds. The number of carbonyl (C=O) groups excluding carboxylic acids is 4. The van der Waals surface area contributed by atoms with Gasteiger partial charge in [-0.25, -0.2) is 14.5 Å². The smallest absolute Gasteiger partial charge is 0.337 e. The Hall–Kier alpha value is -3.94. The number of imide groups is 1. The van der Waals surface area contributed by atoms with Crippen LogP contribution in [0, 0.1) is 0 Å². The molecule has 1 fully saturated rings. The van der Waals surface area contributed by atoms with Gasteiger partial charge in [-0.15, -0.1) is 6.58 Å². The number of amides is 4. The van der Waals surface area contributed by atoms with Gasteiger partial charge in [0, 0.05) is 12.2 Å². The van der Waals surface area contributed by atoms with Crippen LogP contribution in [0.3, 0.4) is 0 Å².